The number of nitrogens with zero attached hydrogens (tertiary/aromatic N) is 6. The Bertz CT molecular complexity index is 584. The molecule has 0 aliphatic carbocycles. The van der Waals surface area contributed by atoms with Gasteiger partial charge in [-0.2, -0.15) is 0 Å². The zero-order chi connectivity index (χ0) is 15.7. The van der Waals surface area contributed by atoms with Crippen molar-refractivity contribution in [3.05, 3.63) is 12.2 Å². The second-order valence-electron chi connectivity index (χ2n) is 6.23. The van der Waals surface area contributed by atoms with Gasteiger partial charge in [0.25, 0.3) is 5.91 Å². The van der Waals surface area contributed by atoms with E-state index in [1.54, 1.807) is 6.33 Å². The molecule has 0 atom stereocenters. The number of carbonyl (C=O) groups is 1. The molecule has 8 heteroatoms. The third-order valence-corrected chi connectivity index (χ3v) is 4.54. The van der Waals surface area contributed by atoms with Gasteiger partial charge >= 0.3 is 0 Å². The fraction of sp³-hybridized carbons (Fsp3) is 0.714. The van der Waals surface area contributed by atoms with Crippen molar-refractivity contribution < 1.29 is 4.79 Å². The summed E-state index contributed by atoms with van der Waals surface area (Å²) in [5, 5.41) is 10.8. The predicted octanol–water partition coefficient (Wildman–Crippen LogP) is -0.531. The molecule has 3 rings (SSSR count). The highest BCUT2D eigenvalue weighted by molar-refractivity contribution is 6.07. The van der Waals surface area contributed by atoms with Gasteiger partial charge < -0.3 is 14.4 Å². The molecule has 8 nitrogen and oxygen atoms in total. The van der Waals surface area contributed by atoms with Crippen molar-refractivity contribution in [3.63, 3.8) is 0 Å². The van der Waals surface area contributed by atoms with Crippen LogP contribution in [0, 0.1) is 6.92 Å². The summed E-state index contributed by atoms with van der Waals surface area (Å²) in [4.78, 5) is 21.1. The van der Waals surface area contributed by atoms with Crippen LogP contribution in [-0.4, -0.2) is 75.7 Å². The summed E-state index contributed by atoms with van der Waals surface area (Å²) in [6.07, 6.45) is 3.31. The van der Waals surface area contributed by atoms with E-state index < -0.39 is 5.54 Å². The van der Waals surface area contributed by atoms with Crippen LogP contribution in [0.1, 0.15) is 18.7 Å². The number of rotatable bonds is 3. The lowest BCUT2D eigenvalue weighted by Crippen LogP contribution is -2.49. The highest BCUT2D eigenvalue weighted by Crippen LogP contribution is 2.30. The van der Waals surface area contributed by atoms with E-state index in [0.29, 0.717) is 5.96 Å². The number of likely N-dealkylation sites (tertiary alicyclic amines) is 1. The molecule has 1 amide bonds. The minimum absolute atomic E-state index is 0.0468. The molecule has 0 radical (unpaired) electrons. The first kappa shape index (κ1) is 15.0. The van der Waals surface area contributed by atoms with Crippen LogP contribution in [0.25, 0.3) is 0 Å². The molecule has 120 valence electrons. The molecule has 2 aliphatic heterocycles. The van der Waals surface area contributed by atoms with Gasteiger partial charge in [-0.1, -0.05) is 0 Å². The van der Waals surface area contributed by atoms with Crippen molar-refractivity contribution in [1.29, 1.82) is 0 Å². The van der Waals surface area contributed by atoms with E-state index >= 15 is 0 Å². The number of piperidine rings is 1. The summed E-state index contributed by atoms with van der Waals surface area (Å²) in [5.41, 5.74) is -0.553. The average molecular weight is 305 g/mol. The zero-order valence-corrected chi connectivity index (χ0v) is 13.4. The molecule has 1 fully saturated rings. The Labute approximate surface area is 130 Å². The van der Waals surface area contributed by atoms with Gasteiger partial charge in [0.2, 0.25) is 5.96 Å². The molecular weight excluding hydrogens is 282 g/mol. The van der Waals surface area contributed by atoms with E-state index in [4.69, 9.17) is 0 Å². The molecule has 1 N–H and O–H groups in total. The van der Waals surface area contributed by atoms with Gasteiger partial charge in [0, 0.05) is 40.3 Å². The molecule has 0 aromatic carbocycles. The van der Waals surface area contributed by atoms with E-state index in [1.165, 1.54) is 0 Å². The maximum Gasteiger partial charge on any atom is 0.254 e. The first-order valence-electron chi connectivity index (χ1n) is 7.66. The van der Waals surface area contributed by atoms with Crippen LogP contribution in [0.2, 0.25) is 0 Å². The smallest absolute Gasteiger partial charge is 0.254 e. The molecule has 0 unspecified atom stereocenters. The normalized spacial score (nSPS) is 21.0. The Kier molecular flexibility index (Phi) is 3.86. The maximum absolute atomic E-state index is 12.3. The van der Waals surface area contributed by atoms with Crippen LogP contribution in [0.15, 0.2) is 11.3 Å². The first-order chi connectivity index (χ1) is 10.5. The van der Waals surface area contributed by atoms with Crippen molar-refractivity contribution in [2.24, 2.45) is 4.99 Å². The number of nitrogens with one attached hydrogen (secondary N) is 1. The average Bonchev–Trinajstić information content (AvgIpc) is 3.04. The van der Waals surface area contributed by atoms with E-state index in [2.05, 4.69) is 30.0 Å². The largest absolute Gasteiger partial charge is 0.349 e. The Hall–Kier alpha value is -1.96. The Morgan fingerprint density at radius 3 is 2.59 bits per heavy atom. The van der Waals surface area contributed by atoms with Crippen LogP contribution in [-0.2, 0) is 11.3 Å². The molecule has 3 heterocycles. The monoisotopic (exact) mass is 305 g/mol. The summed E-state index contributed by atoms with van der Waals surface area (Å²) in [6, 6.07) is 0. The van der Waals surface area contributed by atoms with Crippen LogP contribution >= 0.6 is 0 Å². The second-order valence-corrected chi connectivity index (χ2v) is 6.23. The summed E-state index contributed by atoms with van der Waals surface area (Å²) in [7, 11) is 3.80. The number of aryl methyl sites for hydroxylation is 1. The van der Waals surface area contributed by atoms with Gasteiger partial charge in [-0.05, 0) is 19.8 Å². The van der Waals surface area contributed by atoms with Crippen LogP contribution in [0.4, 0.5) is 0 Å². The number of aromatic nitrogens is 3. The molecule has 22 heavy (non-hydrogen) atoms. The number of aliphatic imine (C=N–C) groups is 1. The van der Waals surface area contributed by atoms with Gasteiger partial charge in [-0.15, -0.1) is 10.2 Å². The minimum Gasteiger partial charge on any atom is -0.349 e. The molecule has 1 aromatic heterocycles. The number of amides is 1. The zero-order valence-electron chi connectivity index (χ0n) is 13.4. The molecule has 0 saturated carbocycles. The molecule has 0 bridgehead atoms. The van der Waals surface area contributed by atoms with E-state index in [-0.39, 0.29) is 5.91 Å². The van der Waals surface area contributed by atoms with Crippen LogP contribution in [0.3, 0.4) is 0 Å². The molecule has 2 aliphatic rings. The lowest BCUT2D eigenvalue weighted by molar-refractivity contribution is -0.125. The van der Waals surface area contributed by atoms with Gasteiger partial charge in [0.05, 0.1) is 0 Å². The Morgan fingerprint density at radius 1 is 1.32 bits per heavy atom. The minimum atomic E-state index is -0.553. The Balaban J connectivity index is 1.56. The van der Waals surface area contributed by atoms with Crippen molar-refractivity contribution in [3.8, 4) is 0 Å². The maximum atomic E-state index is 12.3. The molecule has 1 aromatic rings. The van der Waals surface area contributed by atoms with Crippen molar-refractivity contribution in [2.45, 2.75) is 31.8 Å². The van der Waals surface area contributed by atoms with Gasteiger partial charge in [0.15, 0.2) is 0 Å². The third kappa shape index (κ3) is 2.70. The molecular formula is C14H23N7O. The number of hydrogen-bond acceptors (Lipinski definition) is 6. The highest BCUT2D eigenvalue weighted by Gasteiger charge is 2.46. The van der Waals surface area contributed by atoms with Crippen LogP contribution < -0.4 is 5.32 Å². The Morgan fingerprint density at radius 2 is 2.05 bits per heavy atom. The fourth-order valence-corrected chi connectivity index (χ4v) is 2.98. The molecule has 1 saturated heterocycles. The van der Waals surface area contributed by atoms with E-state index in [9.17, 15) is 4.79 Å². The van der Waals surface area contributed by atoms with Crippen molar-refractivity contribution in [2.75, 3.05) is 33.7 Å². The summed E-state index contributed by atoms with van der Waals surface area (Å²) in [6.45, 7) is 5.56. The standard InChI is InChI=1S/C14H23N7O/c1-11-18-15-10-21(11)9-8-20-6-4-14(5-7-20)12(22)16-13(17-14)19(2)3/h10H,4-9H2,1-3H3,(H,16,17,22). The lowest BCUT2D eigenvalue weighted by Gasteiger charge is -2.35. The summed E-state index contributed by atoms with van der Waals surface area (Å²) in [5.74, 6) is 1.66. The first-order valence-corrected chi connectivity index (χ1v) is 7.66. The van der Waals surface area contributed by atoms with E-state index in [1.807, 2.05) is 25.9 Å². The van der Waals surface area contributed by atoms with E-state index in [0.717, 1.165) is 44.8 Å². The number of guanidine groups is 1. The van der Waals surface area contributed by atoms with Gasteiger partial charge in [-0.25, -0.2) is 4.99 Å². The topological polar surface area (TPSA) is 78.7 Å². The number of hydrogen-bond donors (Lipinski definition) is 1. The van der Waals surface area contributed by atoms with Gasteiger partial charge in [-0.3, -0.25) is 10.1 Å². The lowest BCUT2D eigenvalue weighted by atomic mass is 9.88. The number of carbonyl (C=O) groups excluding carboxylic acids is 1. The predicted molar refractivity (Wildman–Crippen MR) is 82.4 cm³/mol. The summed E-state index contributed by atoms with van der Waals surface area (Å²) < 4.78 is 2.05. The quantitative estimate of drug-likeness (QED) is 0.812. The van der Waals surface area contributed by atoms with Gasteiger partial charge in [0.1, 0.15) is 17.7 Å². The van der Waals surface area contributed by atoms with Crippen molar-refractivity contribution >= 4 is 11.9 Å². The third-order valence-electron chi connectivity index (χ3n) is 4.54. The summed E-state index contributed by atoms with van der Waals surface area (Å²) >= 11 is 0. The van der Waals surface area contributed by atoms with Crippen molar-refractivity contribution in [1.82, 2.24) is 29.9 Å². The molecule has 1 spiro atoms. The van der Waals surface area contributed by atoms with Crippen LogP contribution in [0.5, 0.6) is 0 Å². The highest BCUT2D eigenvalue weighted by atomic mass is 16.2. The SMILES string of the molecule is Cc1nncn1CCN1CCC2(CC1)N=C(N(C)C)NC2=O. The second kappa shape index (κ2) is 5.68. The fourth-order valence-electron chi connectivity index (χ4n) is 2.98.